The van der Waals surface area contributed by atoms with Crippen LogP contribution in [0.2, 0.25) is 0 Å². The van der Waals surface area contributed by atoms with Crippen LogP contribution in [0.25, 0.3) is 10.8 Å². The van der Waals surface area contributed by atoms with E-state index in [-0.39, 0.29) is 18.4 Å². The van der Waals surface area contributed by atoms with Crippen LogP contribution in [0.5, 0.6) is 5.75 Å². The number of thiophene rings is 1. The first-order valence-electron chi connectivity index (χ1n) is 9.54. The highest BCUT2D eigenvalue weighted by Gasteiger charge is 2.15. The van der Waals surface area contributed by atoms with Crippen LogP contribution in [-0.2, 0) is 17.8 Å². The van der Waals surface area contributed by atoms with Gasteiger partial charge in [-0.25, -0.2) is 4.98 Å². The van der Waals surface area contributed by atoms with Gasteiger partial charge in [-0.2, -0.15) is 5.10 Å². The third-order valence-corrected chi connectivity index (χ3v) is 5.56. The minimum atomic E-state index is -0.163. The number of aromatic nitrogens is 3. The van der Waals surface area contributed by atoms with E-state index in [1.54, 1.807) is 24.6 Å². The van der Waals surface area contributed by atoms with Crippen molar-refractivity contribution in [2.75, 3.05) is 7.11 Å². The molecule has 1 aromatic carbocycles. The summed E-state index contributed by atoms with van der Waals surface area (Å²) in [6.07, 6.45) is 5.34. The Labute approximate surface area is 178 Å². The average molecular weight is 423 g/mol. The number of hydrogen-bond donors (Lipinski definition) is 1. The molecule has 0 saturated heterocycles. The van der Waals surface area contributed by atoms with Crippen LogP contribution in [0.4, 0.5) is 0 Å². The fraction of sp³-hybridized carbons (Fsp3) is 0.227. The first-order chi connectivity index (χ1) is 14.6. The minimum absolute atomic E-state index is 0.113. The largest absolute Gasteiger partial charge is 0.496 e. The number of carbonyl (C=O) groups is 1. The Hall–Kier alpha value is -3.39. The molecule has 0 aliphatic rings. The Balaban J connectivity index is 1.41. The standard InChI is InChI=1S/C22H22N4O3S/c1-15(16-6-7-19(28-2)17(11-16)13-26-9-4-8-23-26)24-21(27)12-18-14-29-22(25-18)20-5-3-10-30-20/h3-11,14-15H,12-13H2,1-2H3,(H,24,27). The number of oxazole rings is 1. The molecule has 3 heterocycles. The molecule has 1 N–H and O–H groups in total. The molecule has 0 spiro atoms. The predicted molar refractivity (Wildman–Crippen MR) is 114 cm³/mol. The van der Waals surface area contributed by atoms with Gasteiger partial charge >= 0.3 is 0 Å². The summed E-state index contributed by atoms with van der Waals surface area (Å²) in [6.45, 7) is 2.55. The van der Waals surface area contributed by atoms with E-state index in [1.807, 2.05) is 59.6 Å². The molecule has 4 aromatic rings. The molecule has 0 radical (unpaired) electrons. The summed E-state index contributed by atoms with van der Waals surface area (Å²) in [4.78, 5) is 17.9. The minimum Gasteiger partial charge on any atom is -0.496 e. The van der Waals surface area contributed by atoms with Gasteiger partial charge in [0, 0.05) is 18.0 Å². The highest BCUT2D eigenvalue weighted by atomic mass is 32.1. The highest BCUT2D eigenvalue weighted by molar-refractivity contribution is 7.13. The van der Waals surface area contributed by atoms with Crippen LogP contribution in [0.1, 0.15) is 29.8 Å². The smallest absolute Gasteiger partial charge is 0.236 e. The van der Waals surface area contributed by atoms with Crippen LogP contribution >= 0.6 is 11.3 Å². The first-order valence-corrected chi connectivity index (χ1v) is 10.4. The van der Waals surface area contributed by atoms with Gasteiger partial charge in [0.25, 0.3) is 0 Å². The van der Waals surface area contributed by atoms with Gasteiger partial charge in [0.1, 0.15) is 12.0 Å². The molecule has 7 nitrogen and oxygen atoms in total. The van der Waals surface area contributed by atoms with E-state index in [9.17, 15) is 4.79 Å². The zero-order valence-electron chi connectivity index (χ0n) is 16.7. The molecule has 3 aromatic heterocycles. The van der Waals surface area contributed by atoms with Gasteiger partial charge in [-0.3, -0.25) is 9.48 Å². The summed E-state index contributed by atoms with van der Waals surface area (Å²) in [5.41, 5.74) is 2.60. The molecule has 30 heavy (non-hydrogen) atoms. The summed E-state index contributed by atoms with van der Waals surface area (Å²) in [7, 11) is 1.65. The number of carbonyl (C=O) groups excluding carboxylic acids is 1. The zero-order valence-corrected chi connectivity index (χ0v) is 17.6. The maximum atomic E-state index is 12.5. The quantitative estimate of drug-likeness (QED) is 0.463. The van der Waals surface area contributed by atoms with Gasteiger partial charge in [-0.1, -0.05) is 12.1 Å². The number of hydrogen-bond acceptors (Lipinski definition) is 6. The lowest BCUT2D eigenvalue weighted by atomic mass is 10.0. The third-order valence-electron chi connectivity index (χ3n) is 4.70. The molecule has 1 atom stereocenters. The normalized spacial score (nSPS) is 11.9. The van der Waals surface area contributed by atoms with Crippen molar-refractivity contribution in [1.29, 1.82) is 0 Å². The van der Waals surface area contributed by atoms with E-state index in [2.05, 4.69) is 15.4 Å². The Morgan fingerprint density at radius 2 is 2.23 bits per heavy atom. The molecular weight excluding hydrogens is 400 g/mol. The van der Waals surface area contributed by atoms with E-state index in [0.29, 0.717) is 18.1 Å². The molecule has 8 heteroatoms. The van der Waals surface area contributed by atoms with Crippen LogP contribution in [0, 0.1) is 0 Å². The van der Waals surface area contributed by atoms with Crippen LogP contribution < -0.4 is 10.1 Å². The molecule has 0 saturated carbocycles. The molecule has 154 valence electrons. The van der Waals surface area contributed by atoms with Gasteiger partial charge in [0.2, 0.25) is 11.8 Å². The summed E-state index contributed by atoms with van der Waals surface area (Å²) in [6, 6.07) is 11.5. The van der Waals surface area contributed by atoms with Crippen molar-refractivity contribution in [3.05, 3.63) is 77.3 Å². The Morgan fingerprint density at radius 1 is 1.33 bits per heavy atom. The summed E-state index contributed by atoms with van der Waals surface area (Å²) >= 11 is 1.55. The van der Waals surface area contributed by atoms with E-state index in [4.69, 9.17) is 9.15 Å². The van der Waals surface area contributed by atoms with Crippen molar-refractivity contribution in [3.8, 4) is 16.5 Å². The molecule has 0 fully saturated rings. The number of methoxy groups -OCH3 is 1. The lowest BCUT2D eigenvalue weighted by molar-refractivity contribution is -0.121. The topological polar surface area (TPSA) is 82.2 Å². The van der Waals surface area contributed by atoms with Crippen molar-refractivity contribution >= 4 is 17.2 Å². The van der Waals surface area contributed by atoms with Gasteiger partial charge in [0.05, 0.1) is 36.7 Å². The van der Waals surface area contributed by atoms with Crippen LogP contribution in [0.3, 0.4) is 0 Å². The second-order valence-corrected chi connectivity index (χ2v) is 7.81. The maximum Gasteiger partial charge on any atom is 0.236 e. The molecule has 4 rings (SSSR count). The lowest BCUT2D eigenvalue weighted by Gasteiger charge is -2.17. The fourth-order valence-electron chi connectivity index (χ4n) is 3.20. The highest BCUT2D eigenvalue weighted by Crippen LogP contribution is 2.25. The Morgan fingerprint density at radius 3 is 2.97 bits per heavy atom. The second kappa shape index (κ2) is 8.96. The van der Waals surface area contributed by atoms with E-state index < -0.39 is 0 Å². The van der Waals surface area contributed by atoms with Gasteiger partial charge in [0.15, 0.2) is 0 Å². The van der Waals surface area contributed by atoms with E-state index in [0.717, 1.165) is 21.8 Å². The number of rotatable bonds is 8. The monoisotopic (exact) mass is 422 g/mol. The van der Waals surface area contributed by atoms with Crippen LogP contribution in [0.15, 0.2) is 64.9 Å². The van der Waals surface area contributed by atoms with E-state index >= 15 is 0 Å². The van der Waals surface area contributed by atoms with Crippen LogP contribution in [-0.4, -0.2) is 27.8 Å². The second-order valence-electron chi connectivity index (χ2n) is 6.86. The molecule has 0 bridgehead atoms. The van der Waals surface area contributed by atoms with Crippen molar-refractivity contribution in [2.45, 2.75) is 25.9 Å². The number of benzene rings is 1. The van der Waals surface area contributed by atoms with Crippen molar-refractivity contribution < 1.29 is 13.9 Å². The van der Waals surface area contributed by atoms with Gasteiger partial charge in [-0.15, -0.1) is 11.3 Å². The first kappa shape index (κ1) is 19.9. The molecule has 0 aliphatic heterocycles. The summed E-state index contributed by atoms with van der Waals surface area (Å²) in [5.74, 6) is 1.22. The summed E-state index contributed by atoms with van der Waals surface area (Å²) < 4.78 is 12.8. The fourth-order valence-corrected chi connectivity index (χ4v) is 3.86. The lowest BCUT2D eigenvalue weighted by Crippen LogP contribution is -2.28. The molecular formula is C22H22N4O3S. The average Bonchev–Trinajstić information content (AvgIpc) is 3.50. The maximum absolute atomic E-state index is 12.5. The Bertz CT molecular complexity index is 1100. The van der Waals surface area contributed by atoms with E-state index in [1.165, 1.54) is 6.26 Å². The molecule has 1 amide bonds. The van der Waals surface area contributed by atoms with Gasteiger partial charge < -0.3 is 14.5 Å². The predicted octanol–water partition coefficient (Wildman–Crippen LogP) is 4.08. The third kappa shape index (κ3) is 4.60. The number of ether oxygens (including phenoxy) is 1. The summed E-state index contributed by atoms with van der Waals surface area (Å²) in [5, 5.41) is 9.25. The van der Waals surface area contributed by atoms with Gasteiger partial charge in [-0.05, 0) is 42.1 Å². The SMILES string of the molecule is COc1ccc(C(C)NC(=O)Cc2coc(-c3cccs3)n2)cc1Cn1cccn1. The number of amides is 1. The van der Waals surface area contributed by atoms with Crippen molar-refractivity contribution in [1.82, 2.24) is 20.1 Å². The number of nitrogens with zero attached hydrogens (tertiary/aromatic N) is 3. The zero-order chi connectivity index (χ0) is 20.9. The molecule has 1 unspecified atom stereocenters. The van der Waals surface area contributed by atoms with Crippen molar-refractivity contribution in [2.24, 2.45) is 0 Å². The number of nitrogens with one attached hydrogen (secondary N) is 1. The Kier molecular flexibility index (Phi) is 5.94. The molecule has 0 aliphatic carbocycles. The van der Waals surface area contributed by atoms with Crippen molar-refractivity contribution in [3.63, 3.8) is 0 Å².